The summed E-state index contributed by atoms with van der Waals surface area (Å²) in [5, 5.41) is 2.82. The van der Waals surface area contributed by atoms with E-state index in [0.29, 0.717) is 11.3 Å². The highest BCUT2D eigenvalue weighted by atomic mass is 16.1. The summed E-state index contributed by atoms with van der Waals surface area (Å²) >= 11 is 0. The molecule has 0 fully saturated rings. The second kappa shape index (κ2) is 4.41. The van der Waals surface area contributed by atoms with Crippen LogP contribution in [0.4, 0.5) is 5.69 Å². The second-order valence-electron chi connectivity index (χ2n) is 4.04. The van der Waals surface area contributed by atoms with Crippen LogP contribution < -0.4 is 5.32 Å². The highest BCUT2D eigenvalue weighted by Gasteiger charge is 2.13. The Labute approximate surface area is 100 Å². The van der Waals surface area contributed by atoms with E-state index in [2.05, 4.69) is 10.3 Å². The van der Waals surface area contributed by atoms with Gasteiger partial charge in [0.15, 0.2) is 0 Å². The molecule has 0 unspecified atom stereocenters. The van der Waals surface area contributed by atoms with Gasteiger partial charge < -0.3 is 9.88 Å². The van der Waals surface area contributed by atoms with Crippen molar-refractivity contribution in [1.82, 2.24) is 9.55 Å². The van der Waals surface area contributed by atoms with Crippen LogP contribution in [0.1, 0.15) is 21.7 Å². The first kappa shape index (κ1) is 11.4. The SMILES string of the molecule is Cc1cc(C(=O)Nc2cccnc2)c(C)n1C. The van der Waals surface area contributed by atoms with Gasteiger partial charge in [-0.05, 0) is 32.0 Å². The van der Waals surface area contributed by atoms with Crippen molar-refractivity contribution in [3.8, 4) is 0 Å². The Morgan fingerprint density at radius 1 is 1.41 bits per heavy atom. The summed E-state index contributed by atoms with van der Waals surface area (Å²) in [6.45, 7) is 3.92. The van der Waals surface area contributed by atoms with Crippen LogP contribution in [0.25, 0.3) is 0 Å². The topological polar surface area (TPSA) is 46.9 Å². The molecular formula is C13H15N3O. The smallest absolute Gasteiger partial charge is 0.257 e. The second-order valence-corrected chi connectivity index (χ2v) is 4.04. The molecule has 0 spiro atoms. The number of hydrogen-bond donors (Lipinski definition) is 1. The third kappa shape index (κ3) is 2.20. The first-order valence-electron chi connectivity index (χ1n) is 5.44. The van der Waals surface area contributed by atoms with Crippen LogP contribution in [-0.2, 0) is 7.05 Å². The molecule has 0 saturated heterocycles. The summed E-state index contributed by atoms with van der Waals surface area (Å²) < 4.78 is 2.00. The number of aromatic nitrogens is 2. The third-order valence-corrected chi connectivity index (χ3v) is 2.94. The molecule has 0 saturated carbocycles. The van der Waals surface area contributed by atoms with Crippen LogP contribution in [0.2, 0.25) is 0 Å². The average Bonchev–Trinajstić information content (AvgIpc) is 2.58. The number of carbonyl (C=O) groups excluding carboxylic acids is 1. The molecule has 0 aliphatic carbocycles. The first-order chi connectivity index (χ1) is 8.09. The molecule has 0 aliphatic rings. The lowest BCUT2D eigenvalue weighted by Gasteiger charge is -2.04. The van der Waals surface area contributed by atoms with E-state index >= 15 is 0 Å². The average molecular weight is 229 g/mol. The fourth-order valence-corrected chi connectivity index (χ4v) is 1.72. The number of rotatable bonds is 2. The summed E-state index contributed by atoms with van der Waals surface area (Å²) in [5.41, 5.74) is 3.44. The Balaban J connectivity index is 2.24. The van der Waals surface area contributed by atoms with Crippen LogP contribution >= 0.6 is 0 Å². The van der Waals surface area contributed by atoms with Gasteiger partial charge in [0.2, 0.25) is 0 Å². The predicted molar refractivity (Wildman–Crippen MR) is 67.1 cm³/mol. The van der Waals surface area contributed by atoms with Crippen molar-refractivity contribution < 1.29 is 4.79 Å². The molecule has 0 aromatic carbocycles. The Morgan fingerprint density at radius 3 is 2.71 bits per heavy atom. The lowest BCUT2D eigenvalue weighted by atomic mass is 10.2. The van der Waals surface area contributed by atoms with E-state index in [1.54, 1.807) is 18.5 Å². The van der Waals surface area contributed by atoms with Gasteiger partial charge in [0.25, 0.3) is 5.91 Å². The Hall–Kier alpha value is -2.10. The predicted octanol–water partition coefficient (Wildman–Crippen LogP) is 2.29. The largest absolute Gasteiger partial charge is 0.351 e. The molecule has 2 heterocycles. The number of nitrogens with one attached hydrogen (secondary N) is 1. The van der Waals surface area contributed by atoms with Crippen molar-refractivity contribution in [2.45, 2.75) is 13.8 Å². The number of carbonyl (C=O) groups is 1. The summed E-state index contributed by atoms with van der Waals surface area (Å²) in [7, 11) is 1.95. The number of nitrogens with zero attached hydrogens (tertiary/aromatic N) is 2. The van der Waals surface area contributed by atoms with Crippen molar-refractivity contribution in [3.05, 3.63) is 47.5 Å². The Kier molecular flexibility index (Phi) is 2.95. The van der Waals surface area contributed by atoms with Gasteiger partial charge in [0, 0.05) is 24.6 Å². The molecule has 2 aromatic rings. The number of amides is 1. The Bertz CT molecular complexity index is 543. The molecule has 2 rings (SSSR count). The monoisotopic (exact) mass is 229 g/mol. The van der Waals surface area contributed by atoms with Crippen LogP contribution in [0, 0.1) is 13.8 Å². The molecule has 4 heteroatoms. The standard InChI is InChI=1S/C13H15N3O/c1-9-7-12(10(2)16(9)3)13(17)15-11-5-4-6-14-8-11/h4-8H,1-3H3,(H,15,17). The van der Waals surface area contributed by atoms with E-state index in [9.17, 15) is 4.79 Å². The van der Waals surface area contributed by atoms with E-state index in [1.165, 1.54) is 0 Å². The molecule has 0 radical (unpaired) electrons. The summed E-state index contributed by atoms with van der Waals surface area (Å²) in [6, 6.07) is 5.50. The van der Waals surface area contributed by atoms with Crippen LogP contribution in [0.15, 0.2) is 30.6 Å². The fraction of sp³-hybridized carbons (Fsp3) is 0.231. The maximum absolute atomic E-state index is 12.0. The maximum atomic E-state index is 12.0. The van der Waals surface area contributed by atoms with Crippen LogP contribution in [0.3, 0.4) is 0 Å². The molecule has 0 aliphatic heterocycles. The minimum absolute atomic E-state index is 0.0980. The highest BCUT2D eigenvalue weighted by molar-refractivity contribution is 6.05. The minimum Gasteiger partial charge on any atom is -0.351 e. The summed E-state index contributed by atoms with van der Waals surface area (Å²) in [4.78, 5) is 16.0. The van der Waals surface area contributed by atoms with Crippen molar-refractivity contribution in [2.75, 3.05) is 5.32 Å². The van der Waals surface area contributed by atoms with Crippen molar-refractivity contribution in [1.29, 1.82) is 0 Å². The van der Waals surface area contributed by atoms with Crippen molar-refractivity contribution in [2.24, 2.45) is 7.05 Å². The molecule has 17 heavy (non-hydrogen) atoms. The highest BCUT2D eigenvalue weighted by Crippen LogP contribution is 2.15. The van der Waals surface area contributed by atoms with Gasteiger partial charge in [-0.3, -0.25) is 9.78 Å². The van der Waals surface area contributed by atoms with E-state index in [4.69, 9.17) is 0 Å². The first-order valence-corrected chi connectivity index (χ1v) is 5.44. The number of aryl methyl sites for hydroxylation is 1. The van der Waals surface area contributed by atoms with E-state index in [-0.39, 0.29) is 5.91 Å². The summed E-state index contributed by atoms with van der Waals surface area (Å²) in [6.07, 6.45) is 3.30. The molecule has 0 bridgehead atoms. The van der Waals surface area contributed by atoms with Gasteiger partial charge in [0.1, 0.15) is 0 Å². The molecule has 4 nitrogen and oxygen atoms in total. The molecule has 1 amide bonds. The normalized spacial score (nSPS) is 10.3. The molecule has 1 N–H and O–H groups in total. The number of anilines is 1. The zero-order chi connectivity index (χ0) is 12.4. The van der Waals surface area contributed by atoms with Gasteiger partial charge in [-0.1, -0.05) is 0 Å². The molecule has 88 valence electrons. The van der Waals surface area contributed by atoms with E-state index in [0.717, 1.165) is 11.4 Å². The van der Waals surface area contributed by atoms with Crippen LogP contribution in [-0.4, -0.2) is 15.5 Å². The number of hydrogen-bond acceptors (Lipinski definition) is 2. The van der Waals surface area contributed by atoms with E-state index in [1.807, 2.05) is 37.6 Å². The number of pyridine rings is 1. The Morgan fingerprint density at radius 2 is 2.18 bits per heavy atom. The van der Waals surface area contributed by atoms with Gasteiger partial charge >= 0.3 is 0 Å². The third-order valence-electron chi connectivity index (χ3n) is 2.94. The fourth-order valence-electron chi connectivity index (χ4n) is 1.72. The summed E-state index contributed by atoms with van der Waals surface area (Å²) in [5.74, 6) is -0.0980. The molecule has 2 aromatic heterocycles. The minimum atomic E-state index is -0.0980. The lowest BCUT2D eigenvalue weighted by Crippen LogP contribution is -2.12. The van der Waals surface area contributed by atoms with Gasteiger partial charge in [-0.25, -0.2) is 0 Å². The van der Waals surface area contributed by atoms with Gasteiger partial charge in [-0.2, -0.15) is 0 Å². The zero-order valence-electron chi connectivity index (χ0n) is 10.2. The van der Waals surface area contributed by atoms with Gasteiger partial charge in [0.05, 0.1) is 17.4 Å². The van der Waals surface area contributed by atoms with Crippen molar-refractivity contribution >= 4 is 11.6 Å². The molecular weight excluding hydrogens is 214 g/mol. The zero-order valence-corrected chi connectivity index (χ0v) is 10.2. The molecule has 0 atom stereocenters. The maximum Gasteiger partial charge on any atom is 0.257 e. The van der Waals surface area contributed by atoms with Crippen molar-refractivity contribution in [3.63, 3.8) is 0 Å². The quantitative estimate of drug-likeness (QED) is 0.858. The van der Waals surface area contributed by atoms with Gasteiger partial charge in [-0.15, -0.1) is 0 Å². The van der Waals surface area contributed by atoms with Crippen LogP contribution in [0.5, 0.6) is 0 Å². The lowest BCUT2D eigenvalue weighted by molar-refractivity contribution is 0.102. The van der Waals surface area contributed by atoms with E-state index < -0.39 is 0 Å².